The lowest BCUT2D eigenvalue weighted by atomic mass is 9.66. The molecule has 0 aliphatic heterocycles. The van der Waals surface area contributed by atoms with Gasteiger partial charge in [0, 0.05) is 20.0 Å². The van der Waals surface area contributed by atoms with Crippen LogP contribution in [0.1, 0.15) is 31.2 Å². The van der Waals surface area contributed by atoms with E-state index < -0.39 is 11.4 Å². The molecule has 5 heteroatoms. The van der Waals surface area contributed by atoms with Crippen molar-refractivity contribution >= 4 is 11.9 Å². The molecule has 108 valence electrons. The van der Waals surface area contributed by atoms with Crippen molar-refractivity contribution in [3.63, 3.8) is 0 Å². The highest BCUT2D eigenvalue weighted by atomic mass is 19.1. The average molecular weight is 279 g/mol. The summed E-state index contributed by atoms with van der Waals surface area (Å²) in [6, 6.07) is 6.05. The summed E-state index contributed by atoms with van der Waals surface area (Å²) < 4.78 is 13.1. The predicted octanol–water partition coefficient (Wildman–Crippen LogP) is 2.43. The SMILES string of the molecule is CN(Cc1cccc(F)c1)C(=O)CC1(C(=O)O)CCC1. The third kappa shape index (κ3) is 2.98. The highest BCUT2D eigenvalue weighted by Gasteiger charge is 2.46. The van der Waals surface area contributed by atoms with Crippen molar-refractivity contribution < 1.29 is 19.1 Å². The maximum atomic E-state index is 13.1. The highest BCUT2D eigenvalue weighted by molar-refractivity contribution is 5.85. The first-order valence-corrected chi connectivity index (χ1v) is 6.65. The molecule has 0 spiro atoms. The van der Waals surface area contributed by atoms with Gasteiger partial charge in [0.2, 0.25) is 5.91 Å². The van der Waals surface area contributed by atoms with Crippen LogP contribution >= 0.6 is 0 Å². The van der Waals surface area contributed by atoms with Crippen molar-refractivity contribution in [2.24, 2.45) is 5.41 Å². The van der Waals surface area contributed by atoms with Crippen LogP contribution < -0.4 is 0 Å². The Hall–Kier alpha value is -1.91. The van der Waals surface area contributed by atoms with Gasteiger partial charge >= 0.3 is 5.97 Å². The fourth-order valence-corrected chi connectivity index (χ4v) is 2.49. The lowest BCUT2D eigenvalue weighted by Gasteiger charge is -2.38. The van der Waals surface area contributed by atoms with Gasteiger partial charge in [-0.3, -0.25) is 9.59 Å². The van der Waals surface area contributed by atoms with Crippen molar-refractivity contribution in [2.45, 2.75) is 32.2 Å². The van der Waals surface area contributed by atoms with E-state index in [1.54, 1.807) is 19.2 Å². The lowest BCUT2D eigenvalue weighted by molar-refractivity contribution is -0.159. The molecule has 1 aromatic carbocycles. The van der Waals surface area contributed by atoms with Crippen molar-refractivity contribution in [1.82, 2.24) is 4.90 Å². The molecule has 2 rings (SSSR count). The molecule has 1 aliphatic rings. The Morgan fingerprint density at radius 1 is 1.40 bits per heavy atom. The molecule has 1 saturated carbocycles. The van der Waals surface area contributed by atoms with Crippen LogP contribution in [0, 0.1) is 11.2 Å². The Morgan fingerprint density at radius 2 is 2.10 bits per heavy atom. The van der Waals surface area contributed by atoms with Crippen LogP contribution in [0.25, 0.3) is 0 Å². The minimum absolute atomic E-state index is 0.0220. The summed E-state index contributed by atoms with van der Waals surface area (Å²) in [6.07, 6.45) is 1.99. The average Bonchev–Trinajstić information content (AvgIpc) is 2.32. The number of carbonyl (C=O) groups excluding carboxylic acids is 1. The molecule has 0 atom stereocenters. The summed E-state index contributed by atoms with van der Waals surface area (Å²) in [7, 11) is 1.61. The maximum absolute atomic E-state index is 13.1. The number of benzene rings is 1. The first kappa shape index (κ1) is 14.5. The maximum Gasteiger partial charge on any atom is 0.310 e. The zero-order chi connectivity index (χ0) is 14.8. The van der Waals surface area contributed by atoms with Gasteiger partial charge in [0.25, 0.3) is 0 Å². The number of carboxylic acids is 1. The van der Waals surface area contributed by atoms with Crippen molar-refractivity contribution in [2.75, 3.05) is 7.05 Å². The third-order valence-corrected chi connectivity index (χ3v) is 3.99. The number of nitrogens with zero attached hydrogens (tertiary/aromatic N) is 1. The Morgan fingerprint density at radius 3 is 2.60 bits per heavy atom. The molecule has 0 radical (unpaired) electrons. The number of amides is 1. The molecule has 1 amide bonds. The molecule has 0 unspecified atom stereocenters. The van der Waals surface area contributed by atoms with Gasteiger partial charge in [-0.1, -0.05) is 18.6 Å². The second kappa shape index (κ2) is 5.61. The molecular formula is C15H18FNO3. The van der Waals surface area contributed by atoms with E-state index in [0.29, 0.717) is 18.4 Å². The molecular weight excluding hydrogens is 261 g/mol. The van der Waals surface area contributed by atoms with Crippen LogP contribution in [0.4, 0.5) is 4.39 Å². The second-order valence-corrected chi connectivity index (χ2v) is 5.50. The molecule has 20 heavy (non-hydrogen) atoms. The van der Waals surface area contributed by atoms with Crippen molar-refractivity contribution in [1.29, 1.82) is 0 Å². The Bertz CT molecular complexity index is 526. The van der Waals surface area contributed by atoms with Crippen LogP contribution in [0.3, 0.4) is 0 Å². The van der Waals surface area contributed by atoms with Gasteiger partial charge < -0.3 is 10.0 Å². The normalized spacial score (nSPS) is 16.3. The summed E-state index contributed by atoms with van der Waals surface area (Å²) in [6.45, 7) is 0.284. The summed E-state index contributed by atoms with van der Waals surface area (Å²) in [5.74, 6) is -1.45. The van der Waals surface area contributed by atoms with Gasteiger partial charge in [-0.2, -0.15) is 0 Å². The molecule has 4 nitrogen and oxygen atoms in total. The summed E-state index contributed by atoms with van der Waals surface area (Å²) in [5, 5.41) is 9.22. The smallest absolute Gasteiger partial charge is 0.310 e. The molecule has 1 aromatic rings. The third-order valence-electron chi connectivity index (χ3n) is 3.99. The van der Waals surface area contributed by atoms with Crippen LogP contribution in [-0.2, 0) is 16.1 Å². The lowest BCUT2D eigenvalue weighted by Crippen LogP contribution is -2.42. The standard InChI is InChI=1S/C15H18FNO3/c1-17(10-11-4-2-5-12(16)8-11)13(18)9-15(14(19)20)6-3-7-15/h2,4-5,8H,3,6-7,9-10H2,1H3,(H,19,20). The number of hydrogen-bond acceptors (Lipinski definition) is 2. The zero-order valence-corrected chi connectivity index (χ0v) is 11.4. The van der Waals surface area contributed by atoms with Crippen molar-refractivity contribution in [3.8, 4) is 0 Å². The van der Waals surface area contributed by atoms with E-state index in [2.05, 4.69) is 0 Å². The zero-order valence-electron chi connectivity index (χ0n) is 11.4. The number of halogens is 1. The first-order chi connectivity index (χ1) is 9.43. The topological polar surface area (TPSA) is 57.6 Å². The summed E-state index contributed by atoms with van der Waals surface area (Å²) in [5.41, 5.74) is -0.188. The second-order valence-electron chi connectivity index (χ2n) is 5.50. The molecule has 0 aromatic heterocycles. The van der Waals surface area contributed by atoms with E-state index in [4.69, 9.17) is 0 Å². The van der Waals surface area contributed by atoms with Gasteiger partial charge in [0.15, 0.2) is 0 Å². The quantitative estimate of drug-likeness (QED) is 0.900. The summed E-state index contributed by atoms with van der Waals surface area (Å²) >= 11 is 0. The van der Waals surface area contributed by atoms with Crippen LogP contribution in [0.5, 0.6) is 0 Å². The van der Waals surface area contributed by atoms with Gasteiger partial charge in [-0.25, -0.2) is 4.39 Å². The van der Waals surface area contributed by atoms with Gasteiger partial charge in [-0.15, -0.1) is 0 Å². The minimum atomic E-state index is -0.892. The van der Waals surface area contributed by atoms with E-state index >= 15 is 0 Å². The fourth-order valence-electron chi connectivity index (χ4n) is 2.49. The van der Waals surface area contributed by atoms with Gasteiger partial charge in [-0.05, 0) is 30.5 Å². The van der Waals surface area contributed by atoms with Crippen LogP contribution in [0.2, 0.25) is 0 Å². The first-order valence-electron chi connectivity index (χ1n) is 6.65. The molecule has 0 heterocycles. The van der Waals surface area contributed by atoms with E-state index in [-0.39, 0.29) is 24.7 Å². The largest absolute Gasteiger partial charge is 0.481 e. The van der Waals surface area contributed by atoms with E-state index in [9.17, 15) is 19.1 Å². The minimum Gasteiger partial charge on any atom is -0.481 e. The van der Waals surface area contributed by atoms with Gasteiger partial charge in [0.05, 0.1) is 5.41 Å². The fraction of sp³-hybridized carbons (Fsp3) is 0.467. The molecule has 1 N–H and O–H groups in total. The summed E-state index contributed by atoms with van der Waals surface area (Å²) in [4.78, 5) is 24.8. The van der Waals surface area contributed by atoms with E-state index in [1.807, 2.05) is 0 Å². The van der Waals surface area contributed by atoms with E-state index in [0.717, 1.165) is 6.42 Å². The number of hydrogen-bond donors (Lipinski definition) is 1. The monoisotopic (exact) mass is 279 g/mol. The Balaban J connectivity index is 1.97. The van der Waals surface area contributed by atoms with Crippen LogP contribution in [-0.4, -0.2) is 28.9 Å². The molecule has 1 fully saturated rings. The molecule has 0 bridgehead atoms. The number of carbonyl (C=O) groups is 2. The predicted molar refractivity (Wildman–Crippen MR) is 71.4 cm³/mol. The number of rotatable bonds is 5. The molecule has 1 aliphatic carbocycles. The number of aliphatic carboxylic acids is 1. The Kier molecular flexibility index (Phi) is 4.06. The van der Waals surface area contributed by atoms with Crippen molar-refractivity contribution in [3.05, 3.63) is 35.6 Å². The number of carboxylic acid groups (broad SMARTS) is 1. The van der Waals surface area contributed by atoms with Gasteiger partial charge in [0.1, 0.15) is 5.82 Å². The van der Waals surface area contributed by atoms with Crippen LogP contribution in [0.15, 0.2) is 24.3 Å². The molecule has 0 saturated heterocycles. The Labute approximate surface area is 117 Å². The highest BCUT2D eigenvalue weighted by Crippen LogP contribution is 2.44. The van der Waals surface area contributed by atoms with E-state index in [1.165, 1.54) is 17.0 Å².